The van der Waals surface area contributed by atoms with Gasteiger partial charge in [0.25, 0.3) is 0 Å². The Bertz CT molecular complexity index is 191. The molecule has 0 fully saturated rings. The molecule has 0 aliphatic heterocycles. The molecule has 0 saturated carbocycles. The third kappa shape index (κ3) is 7.73. The molecule has 1 atom stereocenters. The van der Waals surface area contributed by atoms with Crippen LogP contribution in [0.3, 0.4) is 0 Å². The molecule has 0 spiro atoms. The second-order valence-corrected chi connectivity index (χ2v) is 4.90. The maximum atomic E-state index is 10.4. The molecule has 0 bridgehead atoms. The molecule has 5 nitrogen and oxygen atoms in total. The summed E-state index contributed by atoms with van der Waals surface area (Å²) in [4.78, 5) is 20.4. The van der Waals surface area contributed by atoms with E-state index in [0.717, 1.165) is 11.9 Å². The van der Waals surface area contributed by atoms with Crippen LogP contribution in [0.1, 0.15) is 6.42 Å². The molecule has 0 rings (SSSR count). The van der Waals surface area contributed by atoms with E-state index in [1.54, 1.807) is 0 Å². The van der Waals surface area contributed by atoms with Gasteiger partial charge in [-0.1, -0.05) is 0 Å². The Labute approximate surface area is 81.8 Å². The summed E-state index contributed by atoms with van der Waals surface area (Å²) in [5.41, 5.74) is 0. The number of rotatable bonds is 6. The predicted molar refractivity (Wildman–Crippen MR) is 52.3 cm³/mol. The highest BCUT2D eigenvalue weighted by molar-refractivity contribution is 7.98. The standard InChI is InChI=1S/C7H14N2O3S/c1-9(2,3)5-6(13-8-12)4-7(10)11/h6H,4-5H2,1-3H3/p+1. The van der Waals surface area contributed by atoms with Gasteiger partial charge in [-0.2, -0.15) is 0 Å². The highest BCUT2D eigenvalue weighted by Gasteiger charge is 2.22. The Balaban J connectivity index is 4.09. The van der Waals surface area contributed by atoms with Crippen molar-refractivity contribution in [2.24, 2.45) is 4.58 Å². The molecule has 0 aromatic heterocycles. The normalized spacial score (nSPS) is 13.8. The van der Waals surface area contributed by atoms with E-state index in [-0.39, 0.29) is 11.7 Å². The molecule has 1 unspecified atom stereocenters. The van der Waals surface area contributed by atoms with E-state index in [4.69, 9.17) is 5.11 Å². The average Bonchev–Trinajstić information content (AvgIpc) is 1.81. The quantitative estimate of drug-likeness (QED) is 0.400. The zero-order chi connectivity index (χ0) is 10.5. The average molecular weight is 207 g/mol. The van der Waals surface area contributed by atoms with Crippen LogP contribution in [-0.2, 0) is 4.79 Å². The van der Waals surface area contributed by atoms with Crippen LogP contribution in [0.15, 0.2) is 4.58 Å². The van der Waals surface area contributed by atoms with E-state index >= 15 is 0 Å². The van der Waals surface area contributed by atoms with Gasteiger partial charge in [-0.3, -0.25) is 4.79 Å². The summed E-state index contributed by atoms with van der Waals surface area (Å²) < 4.78 is 3.29. The summed E-state index contributed by atoms with van der Waals surface area (Å²) >= 11 is 0.805. The Morgan fingerprint density at radius 2 is 2.08 bits per heavy atom. The maximum absolute atomic E-state index is 10.4. The Morgan fingerprint density at radius 1 is 1.54 bits per heavy atom. The van der Waals surface area contributed by atoms with E-state index in [1.165, 1.54) is 0 Å². The summed E-state index contributed by atoms with van der Waals surface area (Å²) in [6.07, 6.45) is -0.0219. The highest BCUT2D eigenvalue weighted by atomic mass is 32.2. The zero-order valence-electron chi connectivity index (χ0n) is 8.06. The van der Waals surface area contributed by atoms with Gasteiger partial charge in [0.2, 0.25) is 0 Å². The number of hydrogen-bond acceptors (Lipinski definition) is 4. The van der Waals surface area contributed by atoms with Crippen LogP contribution in [0.4, 0.5) is 0 Å². The van der Waals surface area contributed by atoms with Crippen molar-refractivity contribution in [3.63, 3.8) is 0 Å². The number of hydrogen-bond donors (Lipinski definition) is 1. The van der Waals surface area contributed by atoms with E-state index in [2.05, 4.69) is 4.58 Å². The molecular formula is C7H15N2O3S+. The van der Waals surface area contributed by atoms with Gasteiger partial charge in [-0.05, 0) is 0 Å². The van der Waals surface area contributed by atoms with E-state index in [0.29, 0.717) is 11.0 Å². The summed E-state index contributed by atoms with van der Waals surface area (Å²) in [5.74, 6) is -0.894. The third-order valence-corrected chi connectivity index (χ3v) is 2.05. The molecule has 0 radical (unpaired) electrons. The lowest BCUT2D eigenvalue weighted by Crippen LogP contribution is -2.40. The first-order valence-electron chi connectivity index (χ1n) is 3.86. The lowest BCUT2D eigenvalue weighted by atomic mass is 10.3. The summed E-state index contributed by atoms with van der Waals surface area (Å²) in [7, 11) is 5.83. The molecule has 0 amide bonds. The smallest absolute Gasteiger partial charge is 0.304 e. The molecule has 0 aliphatic rings. The second kappa shape index (κ2) is 5.18. The van der Waals surface area contributed by atoms with Gasteiger partial charge in [-0.15, -0.1) is 4.91 Å². The van der Waals surface area contributed by atoms with E-state index in [9.17, 15) is 9.70 Å². The number of carboxylic acids is 1. The van der Waals surface area contributed by atoms with Crippen molar-refractivity contribution in [1.29, 1.82) is 0 Å². The van der Waals surface area contributed by atoms with E-state index in [1.807, 2.05) is 21.1 Å². The largest absolute Gasteiger partial charge is 0.481 e. The fraction of sp³-hybridized carbons (Fsp3) is 0.857. The molecular weight excluding hydrogens is 192 g/mol. The molecule has 0 aliphatic carbocycles. The van der Waals surface area contributed by atoms with Crippen molar-refractivity contribution in [2.75, 3.05) is 27.7 Å². The van der Waals surface area contributed by atoms with Gasteiger partial charge < -0.3 is 9.59 Å². The van der Waals surface area contributed by atoms with Crippen molar-refractivity contribution in [1.82, 2.24) is 0 Å². The highest BCUT2D eigenvalue weighted by Crippen LogP contribution is 2.17. The second-order valence-electron chi connectivity index (χ2n) is 3.87. The topological polar surface area (TPSA) is 66.7 Å². The van der Waals surface area contributed by atoms with Crippen LogP contribution in [0, 0.1) is 4.91 Å². The maximum Gasteiger partial charge on any atom is 0.304 e. The molecule has 76 valence electrons. The molecule has 0 heterocycles. The number of carbonyl (C=O) groups is 1. The summed E-state index contributed by atoms with van der Waals surface area (Å²) in [6, 6.07) is 0. The fourth-order valence-electron chi connectivity index (χ4n) is 1.00. The number of carboxylic acid groups (broad SMARTS) is 1. The first-order chi connectivity index (χ1) is 5.85. The minimum absolute atomic E-state index is 0.0219. The Kier molecular flexibility index (Phi) is 4.94. The van der Waals surface area contributed by atoms with Crippen molar-refractivity contribution in [2.45, 2.75) is 11.7 Å². The zero-order valence-corrected chi connectivity index (χ0v) is 8.87. The van der Waals surface area contributed by atoms with Crippen LogP contribution in [-0.4, -0.2) is 48.5 Å². The molecule has 6 heteroatoms. The minimum Gasteiger partial charge on any atom is -0.481 e. The molecule has 0 aromatic rings. The fourth-order valence-corrected chi connectivity index (χ4v) is 1.85. The monoisotopic (exact) mass is 207 g/mol. The molecule has 1 N–H and O–H groups in total. The van der Waals surface area contributed by atoms with Gasteiger partial charge >= 0.3 is 5.97 Å². The molecule has 13 heavy (non-hydrogen) atoms. The van der Waals surface area contributed by atoms with Crippen LogP contribution in [0.5, 0.6) is 0 Å². The number of quaternary nitrogens is 1. The number of nitrogens with zero attached hydrogens (tertiary/aromatic N) is 2. The van der Waals surface area contributed by atoms with Crippen LogP contribution < -0.4 is 0 Å². The van der Waals surface area contributed by atoms with Gasteiger partial charge in [0.15, 0.2) is 0 Å². The van der Waals surface area contributed by atoms with Gasteiger partial charge in [0.1, 0.15) is 0 Å². The van der Waals surface area contributed by atoms with Crippen molar-refractivity contribution in [3.8, 4) is 0 Å². The summed E-state index contributed by atoms with van der Waals surface area (Å²) in [6.45, 7) is 0.614. The first kappa shape index (κ1) is 12.4. The number of nitroso groups, excluding NO2 is 1. The van der Waals surface area contributed by atoms with Crippen LogP contribution in [0.2, 0.25) is 0 Å². The SMILES string of the molecule is C[N+](C)(C)CC(CC(=O)O)SN=O. The van der Waals surface area contributed by atoms with Crippen LogP contribution in [0.25, 0.3) is 0 Å². The third-order valence-electron chi connectivity index (χ3n) is 1.35. The van der Waals surface area contributed by atoms with Gasteiger partial charge in [0, 0.05) is 16.5 Å². The van der Waals surface area contributed by atoms with E-state index < -0.39 is 5.97 Å². The van der Waals surface area contributed by atoms with Crippen molar-refractivity contribution < 1.29 is 14.4 Å². The lowest BCUT2D eigenvalue weighted by molar-refractivity contribution is -0.869. The Morgan fingerprint density at radius 3 is 2.38 bits per heavy atom. The van der Waals surface area contributed by atoms with Gasteiger partial charge in [-0.25, -0.2) is 0 Å². The first-order valence-corrected chi connectivity index (χ1v) is 4.69. The van der Waals surface area contributed by atoms with Crippen molar-refractivity contribution in [3.05, 3.63) is 4.91 Å². The minimum atomic E-state index is -0.894. The lowest BCUT2D eigenvalue weighted by Gasteiger charge is -2.26. The van der Waals surface area contributed by atoms with Crippen LogP contribution >= 0.6 is 11.9 Å². The van der Waals surface area contributed by atoms with Crippen molar-refractivity contribution >= 4 is 17.9 Å². The Hall–Kier alpha value is -0.620. The molecule has 0 saturated heterocycles. The molecule has 0 aromatic carbocycles. The summed E-state index contributed by atoms with van der Waals surface area (Å²) in [5, 5.41) is 8.30. The van der Waals surface area contributed by atoms with Gasteiger partial charge in [0.05, 0.1) is 39.4 Å². The number of aliphatic carboxylic acids is 1. The predicted octanol–water partition coefficient (Wildman–Crippen LogP) is 0.951.